The monoisotopic (exact) mass is 242 g/mol. The third-order valence-corrected chi connectivity index (χ3v) is 4.03. The van der Waals surface area contributed by atoms with Crippen LogP contribution in [0.4, 0.5) is 0 Å². The minimum absolute atomic E-state index is 0.305. The third-order valence-electron chi connectivity index (χ3n) is 4.03. The highest BCUT2D eigenvalue weighted by Crippen LogP contribution is 2.30. The highest BCUT2D eigenvalue weighted by molar-refractivity contribution is 4.76. The molecule has 2 rings (SSSR count). The minimum atomic E-state index is -0.305. The molecular formula is C14H26O3. The van der Waals surface area contributed by atoms with Crippen LogP contribution in [0.3, 0.4) is 0 Å². The van der Waals surface area contributed by atoms with Crippen molar-refractivity contribution in [3.05, 3.63) is 0 Å². The van der Waals surface area contributed by atoms with Gasteiger partial charge in [-0.25, -0.2) is 0 Å². The van der Waals surface area contributed by atoms with Crippen LogP contribution in [0.2, 0.25) is 0 Å². The molecule has 0 aromatic carbocycles. The van der Waals surface area contributed by atoms with Crippen LogP contribution < -0.4 is 0 Å². The molecule has 2 fully saturated rings. The summed E-state index contributed by atoms with van der Waals surface area (Å²) in [6.45, 7) is 2.17. The normalized spacial score (nSPS) is 37.6. The molecule has 1 saturated heterocycles. The number of hydrogen-bond donors (Lipinski definition) is 1. The van der Waals surface area contributed by atoms with Gasteiger partial charge in [0.1, 0.15) is 0 Å². The molecule has 2 aliphatic rings. The van der Waals surface area contributed by atoms with Crippen molar-refractivity contribution in [3.8, 4) is 0 Å². The molecule has 0 amide bonds. The summed E-state index contributed by atoms with van der Waals surface area (Å²) in [5.74, 6) is 0.693. The molecular weight excluding hydrogens is 216 g/mol. The van der Waals surface area contributed by atoms with Crippen molar-refractivity contribution in [3.63, 3.8) is 0 Å². The maximum Gasteiger partial charge on any atom is 0.0774 e. The van der Waals surface area contributed by atoms with Crippen LogP contribution in [-0.4, -0.2) is 37.1 Å². The van der Waals surface area contributed by atoms with E-state index in [1.165, 1.54) is 32.1 Å². The lowest BCUT2D eigenvalue weighted by Gasteiger charge is -2.32. The molecule has 1 N–H and O–H groups in total. The van der Waals surface area contributed by atoms with Gasteiger partial charge in [0.15, 0.2) is 0 Å². The predicted octanol–water partition coefficient (Wildman–Crippen LogP) is 2.51. The van der Waals surface area contributed by atoms with E-state index in [1.807, 2.05) is 0 Å². The molecule has 0 spiro atoms. The first-order valence-electron chi connectivity index (χ1n) is 7.23. The standard InChI is InChI=1S/C14H26O3/c15-13-7-4-10-16-9-3-6-12-5-1-2-8-14(12)17-11-13/h12-15H,1-11H2. The van der Waals surface area contributed by atoms with Crippen molar-refractivity contribution in [2.24, 2.45) is 5.92 Å². The summed E-state index contributed by atoms with van der Waals surface area (Å²) in [5, 5.41) is 9.80. The summed E-state index contributed by atoms with van der Waals surface area (Å²) in [6, 6.07) is 0. The second kappa shape index (κ2) is 7.34. The largest absolute Gasteiger partial charge is 0.391 e. The lowest BCUT2D eigenvalue weighted by molar-refractivity contribution is -0.0588. The van der Waals surface area contributed by atoms with Crippen molar-refractivity contribution in [2.45, 2.75) is 63.6 Å². The van der Waals surface area contributed by atoms with Crippen LogP contribution in [0.25, 0.3) is 0 Å². The molecule has 0 aromatic rings. The van der Waals surface area contributed by atoms with E-state index in [1.54, 1.807) is 0 Å². The number of fused-ring (bicyclic) bond motifs is 1. The van der Waals surface area contributed by atoms with Crippen LogP contribution in [0, 0.1) is 5.92 Å². The number of rotatable bonds is 0. The quantitative estimate of drug-likeness (QED) is 0.709. The molecule has 3 nitrogen and oxygen atoms in total. The molecule has 0 radical (unpaired) electrons. The summed E-state index contributed by atoms with van der Waals surface area (Å²) in [4.78, 5) is 0. The van der Waals surface area contributed by atoms with Gasteiger partial charge in [-0.15, -0.1) is 0 Å². The van der Waals surface area contributed by atoms with Gasteiger partial charge in [-0.05, 0) is 44.4 Å². The second-order valence-corrected chi connectivity index (χ2v) is 5.47. The topological polar surface area (TPSA) is 38.7 Å². The zero-order valence-electron chi connectivity index (χ0n) is 10.8. The predicted molar refractivity (Wildman–Crippen MR) is 67.0 cm³/mol. The molecule has 3 unspecified atom stereocenters. The number of aliphatic hydroxyl groups excluding tert-OH is 1. The fourth-order valence-corrected chi connectivity index (χ4v) is 3.01. The van der Waals surface area contributed by atoms with E-state index in [9.17, 15) is 5.11 Å². The molecule has 0 bridgehead atoms. The van der Waals surface area contributed by atoms with Gasteiger partial charge in [-0.3, -0.25) is 0 Å². The fourth-order valence-electron chi connectivity index (χ4n) is 3.01. The van der Waals surface area contributed by atoms with E-state index in [0.717, 1.165) is 32.5 Å². The van der Waals surface area contributed by atoms with E-state index in [2.05, 4.69) is 0 Å². The SMILES string of the molecule is OC1CCCOCCCC2CCCCC2OC1. The number of hydrogen-bond acceptors (Lipinski definition) is 3. The van der Waals surface area contributed by atoms with Gasteiger partial charge in [-0.2, -0.15) is 0 Å². The van der Waals surface area contributed by atoms with Gasteiger partial charge in [0.05, 0.1) is 18.8 Å². The zero-order valence-corrected chi connectivity index (χ0v) is 10.8. The Morgan fingerprint density at radius 1 is 0.824 bits per heavy atom. The van der Waals surface area contributed by atoms with E-state index in [4.69, 9.17) is 9.47 Å². The molecule has 1 aliphatic carbocycles. The Hall–Kier alpha value is -0.120. The Morgan fingerprint density at radius 3 is 2.41 bits per heavy atom. The average Bonchev–Trinajstić information content (AvgIpc) is 2.34. The molecule has 100 valence electrons. The molecule has 17 heavy (non-hydrogen) atoms. The van der Waals surface area contributed by atoms with Crippen molar-refractivity contribution < 1.29 is 14.6 Å². The highest BCUT2D eigenvalue weighted by Gasteiger charge is 2.26. The Labute approximate surface area is 104 Å². The maximum absolute atomic E-state index is 9.80. The van der Waals surface area contributed by atoms with Crippen LogP contribution in [0.5, 0.6) is 0 Å². The second-order valence-electron chi connectivity index (χ2n) is 5.47. The first-order chi connectivity index (χ1) is 8.36. The molecule has 1 saturated carbocycles. The molecule has 3 atom stereocenters. The summed E-state index contributed by atoms with van der Waals surface area (Å²) < 4.78 is 11.5. The lowest BCUT2D eigenvalue weighted by atomic mass is 9.83. The molecule has 1 heterocycles. The average molecular weight is 242 g/mol. The van der Waals surface area contributed by atoms with Gasteiger partial charge in [0.25, 0.3) is 0 Å². The molecule has 1 aliphatic heterocycles. The summed E-state index contributed by atoms with van der Waals surface area (Å²) in [6.07, 6.45) is 9.31. The summed E-state index contributed by atoms with van der Waals surface area (Å²) in [5.41, 5.74) is 0. The lowest BCUT2D eigenvalue weighted by Crippen LogP contribution is -2.31. The number of ether oxygens (including phenoxy) is 2. The van der Waals surface area contributed by atoms with Gasteiger partial charge in [-0.1, -0.05) is 12.8 Å². The van der Waals surface area contributed by atoms with E-state index < -0.39 is 0 Å². The van der Waals surface area contributed by atoms with Crippen molar-refractivity contribution in [2.75, 3.05) is 19.8 Å². The molecule has 0 aromatic heterocycles. The van der Waals surface area contributed by atoms with Crippen molar-refractivity contribution >= 4 is 0 Å². The van der Waals surface area contributed by atoms with Gasteiger partial charge in [0, 0.05) is 13.2 Å². The van der Waals surface area contributed by atoms with E-state index in [-0.39, 0.29) is 6.10 Å². The van der Waals surface area contributed by atoms with Crippen LogP contribution in [0.1, 0.15) is 51.4 Å². The Bertz CT molecular complexity index is 208. The highest BCUT2D eigenvalue weighted by atomic mass is 16.5. The fraction of sp³-hybridized carbons (Fsp3) is 1.00. The van der Waals surface area contributed by atoms with Crippen molar-refractivity contribution in [1.29, 1.82) is 0 Å². The van der Waals surface area contributed by atoms with Crippen LogP contribution in [-0.2, 0) is 9.47 Å². The van der Waals surface area contributed by atoms with Crippen LogP contribution >= 0.6 is 0 Å². The molecule has 3 heteroatoms. The first kappa shape index (κ1) is 13.3. The Kier molecular flexibility index (Phi) is 5.75. The van der Waals surface area contributed by atoms with Gasteiger partial charge in [0.2, 0.25) is 0 Å². The van der Waals surface area contributed by atoms with Crippen molar-refractivity contribution in [1.82, 2.24) is 0 Å². The van der Waals surface area contributed by atoms with E-state index in [0.29, 0.717) is 18.6 Å². The van der Waals surface area contributed by atoms with Gasteiger partial charge >= 0.3 is 0 Å². The maximum atomic E-state index is 9.80. The summed E-state index contributed by atoms with van der Waals surface area (Å²) in [7, 11) is 0. The van der Waals surface area contributed by atoms with E-state index >= 15 is 0 Å². The van der Waals surface area contributed by atoms with Gasteiger partial charge < -0.3 is 14.6 Å². The summed E-state index contributed by atoms with van der Waals surface area (Å²) >= 11 is 0. The third kappa shape index (κ3) is 4.57. The number of aliphatic hydroxyl groups is 1. The zero-order chi connectivity index (χ0) is 11.9. The van der Waals surface area contributed by atoms with Crippen LogP contribution in [0.15, 0.2) is 0 Å². The minimum Gasteiger partial charge on any atom is -0.391 e. The Balaban J connectivity index is 1.84. The Morgan fingerprint density at radius 2 is 1.53 bits per heavy atom. The smallest absolute Gasteiger partial charge is 0.0774 e. The first-order valence-corrected chi connectivity index (χ1v) is 7.23.